The van der Waals surface area contributed by atoms with E-state index in [0.717, 1.165) is 37.9 Å². The minimum absolute atomic E-state index is 0.386. The molecule has 1 aromatic rings. The van der Waals surface area contributed by atoms with Gasteiger partial charge in [-0.05, 0) is 26.8 Å². The topological polar surface area (TPSA) is 37.4 Å². The summed E-state index contributed by atoms with van der Waals surface area (Å²) in [6.45, 7) is 9.85. The van der Waals surface area contributed by atoms with Crippen molar-refractivity contribution < 1.29 is 4.74 Å². The highest BCUT2D eigenvalue weighted by molar-refractivity contribution is 7.15. The largest absolute Gasteiger partial charge is 0.380 e. The fraction of sp³-hybridized carbons (Fsp3) is 0.769. The van der Waals surface area contributed by atoms with Gasteiger partial charge in [-0.3, -0.25) is 0 Å². The molecule has 18 heavy (non-hydrogen) atoms. The van der Waals surface area contributed by atoms with Gasteiger partial charge in [-0.2, -0.15) is 0 Å². The first-order valence-electron chi connectivity index (χ1n) is 6.67. The second kappa shape index (κ2) is 8.45. The van der Waals surface area contributed by atoms with Gasteiger partial charge in [0.25, 0.3) is 0 Å². The number of nitrogens with zero attached hydrogens (tertiary/aromatic N) is 2. The van der Waals surface area contributed by atoms with E-state index in [0.29, 0.717) is 6.04 Å². The molecule has 0 aliphatic carbocycles. The van der Waals surface area contributed by atoms with Gasteiger partial charge in [-0.25, -0.2) is 4.98 Å². The predicted octanol–water partition coefficient (Wildman–Crippen LogP) is 2.68. The van der Waals surface area contributed by atoms with Gasteiger partial charge < -0.3 is 15.0 Å². The van der Waals surface area contributed by atoms with Crippen LogP contribution in [0.3, 0.4) is 0 Å². The summed E-state index contributed by atoms with van der Waals surface area (Å²) in [5.74, 6) is 0. The van der Waals surface area contributed by atoms with Crippen LogP contribution >= 0.6 is 11.3 Å². The van der Waals surface area contributed by atoms with Crippen molar-refractivity contribution in [1.29, 1.82) is 0 Å². The number of anilines is 1. The van der Waals surface area contributed by atoms with Gasteiger partial charge in [-0.15, -0.1) is 11.3 Å². The lowest BCUT2D eigenvalue weighted by Gasteiger charge is -2.15. The first-order chi connectivity index (χ1) is 8.69. The van der Waals surface area contributed by atoms with Gasteiger partial charge >= 0.3 is 0 Å². The highest BCUT2D eigenvalue weighted by atomic mass is 32.1. The maximum atomic E-state index is 5.36. The Morgan fingerprint density at radius 3 is 2.94 bits per heavy atom. The normalized spacial score (nSPS) is 12.7. The number of likely N-dealkylation sites (N-methyl/N-ethyl adjacent to an activating group) is 1. The molecule has 0 radical (unpaired) electrons. The number of hydrogen-bond acceptors (Lipinski definition) is 5. The van der Waals surface area contributed by atoms with Gasteiger partial charge in [0.15, 0.2) is 5.13 Å². The summed E-state index contributed by atoms with van der Waals surface area (Å²) in [7, 11) is 2.06. The Labute approximate surface area is 114 Å². The molecule has 0 saturated carbocycles. The zero-order valence-corrected chi connectivity index (χ0v) is 12.7. The quantitative estimate of drug-likeness (QED) is 0.701. The van der Waals surface area contributed by atoms with Crippen LogP contribution in [-0.2, 0) is 4.74 Å². The SMILES string of the molecule is CCCNC(C)c1cnc(N(C)CCOCC)s1. The maximum absolute atomic E-state index is 5.36. The van der Waals surface area contributed by atoms with E-state index in [4.69, 9.17) is 4.74 Å². The molecule has 1 heterocycles. The summed E-state index contributed by atoms with van der Waals surface area (Å²) in [5.41, 5.74) is 0. The van der Waals surface area contributed by atoms with E-state index in [2.05, 4.69) is 36.1 Å². The highest BCUT2D eigenvalue weighted by Crippen LogP contribution is 2.26. The van der Waals surface area contributed by atoms with E-state index < -0.39 is 0 Å². The minimum atomic E-state index is 0.386. The van der Waals surface area contributed by atoms with E-state index in [1.165, 1.54) is 4.88 Å². The molecule has 0 saturated heterocycles. The van der Waals surface area contributed by atoms with Crippen molar-refractivity contribution in [3.8, 4) is 0 Å². The van der Waals surface area contributed by atoms with Crippen LogP contribution in [0.25, 0.3) is 0 Å². The lowest BCUT2D eigenvalue weighted by atomic mass is 10.3. The number of hydrogen-bond donors (Lipinski definition) is 1. The molecule has 0 bridgehead atoms. The molecule has 0 aromatic carbocycles. The molecule has 4 nitrogen and oxygen atoms in total. The van der Waals surface area contributed by atoms with Crippen molar-refractivity contribution >= 4 is 16.5 Å². The van der Waals surface area contributed by atoms with E-state index in [1.54, 1.807) is 11.3 Å². The number of nitrogens with one attached hydrogen (secondary N) is 1. The average Bonchev–Trinajstić information content (AvgIpc) is 2.85. The molecule has 0 spiro atoms. The number of aromatic nitrogens is 1. The summed E-state index contributed by atoms with van der Waals surface area (Å²) in [6.07, 6.45) is 3.13. The van der Waals surface area contributed by atoms with Crippen LogP contribution in [-0.4, -0.2) is 38.3 Å². The second-order valence-corrected chi connectivity index (χ2v) is 5.38. The van der Waals surface area contributed by atoms with Crippen LogP contribution in [0.5, 0.6) is 0 Å². The van der Waals surface area contributed by atoms with Crippen LogP contribution in [0.1, 0.15) is 38.1 Å². The summed E-state index contributed by atoms with van der Waals surface area (Å²) in [4.78, 5) is 7.92. The van der Waals surface area contributed by atoms with Crippen molar-refractivity contribution in [2.45, 2.75) is 33.2 Å². The van der Waals surface area contributed by atoms with Crippen molar-refractivity contribution in [3.05, 3.63) is 11.1 Å². The molecule has 104 valence electrons. The van der Waals surface area contributed by atoms with Gasteiger partial charge in [0.05, 0.1) is 6.61 Å². The number of ether oxygens (including phenoxy) is 1. The molecule has 1 rings (SSSR count). The smallest absolute Gasteiger partial charge is 0.185 e. The van der Waals surface area contributed by atoms with Crippen LogP contribution in [0.15, 0.2) is 6.20 Å². The Balaban J connectivity index is 2.46. The first kappa shape index (κ1) is 15.4. The van der Waals surface area contributed by atoms with Crippen LogP contribution < -0.4 is 10.2 Å². The first-order valence-corrected chi connectivity index (χ1v) is 7.48. The molecule has 5 heteroatoms. The third-order valence-corrected chi connectivity index (χ3v) is 4.03. The Morgan fingerprint density at radius 1 is 1.50 bits per heavy atom. The van der Waals surface area contributed by atoms with Gasteiger partial charge in [0.1, 0.15) is 0 Å². The van der Waals surface area contributed by atoms with Crippen LogP contribution in [0, 0.1) is 0 Å². The predicted molar refractivity (Wildman–Crippen MR) is 78.6 cm³/mol. The Morgan fingerprint density at radius 2 is 2.28 bits per heavy atom. The fourth-order valence-corrected chi connectivity index (χ4v) is 2.49. The number of thiazole rings is 1. The van der Waals surface area contributed by atoms with Gasteiger partial charge in [0, 0.05) is 37.3 Å². The van der Waals surface area contributed by atoms with Crippen molar-refractivity contribution in [2.24, 2.45) is 0 Å². The van der Waals surface area contributed by atoms with E-state index in [1.807, 2.05) is 13.1 Å². The molecule has 1 N–H and O–H groups in total. The summed E-state index contributed by atoms with van der Waals surface area (Å²) in [5, 5.41) is 4.55. The lowest BCUT2D eigenvalue weighted by Crippen LogP contribution is -2.22. The molecule has 1 atom stereocenters. The second-order valence-electron chi connectivity index (χ2n) is 4.34. The molecular formula is C13H25N3OS. The molecule has 0 fully saturated rings. The zero-order valence-electron chi connectivity index (χ0n) is 11.9. The number of rotatable bonds is 9. The monoisotopic (exact) mass is 271 g/mol. The Bertz CT molecular complexity index is 330. The third kappa shape index (κ3) is 4.92. The summed E-state index contributed by atoms with van der Waals surface area (Å²) < 4.78 is 5.36. The zero-order chi connectivity index (χ0) is 13.4. The summed E-state index contributed by atoms with van der Waals surface area (Å²) in [6, 6.07) is 0.386. The van der Waals surface area contributed by atoms with Crippen LogP contribution in [0.2, 0.25) is 0 Å². The standard InChI is InChI=1S/C13H25N3OS/c1-5-7-14-11(3)12-10-15-13(18-12)16(4)8-9-17-6-2/h10-11,14H,5-9H2,1-4H3. The minimum Gasteiger partial charge on any atom is -0.380 e. The molecular weight excluding hydrogens is 246 g/mol. The average molecular weight is 271 g/mol. The van der Waals surface area contributed by atoms with Gasteiger partial charge in [0.2, 0.25) is 0 Å². The molecule has 1 unspecified atom stereocenters. The molecule has 0 aliphatic heterocycles. The van der Waals surface area contributed by atoms with E-state index in [9.17, 15) is 0 Å². The molecule has 0 amide bonds. The lowest BCUT2D eigenvalue weighted by molar-refractivity contribution is 0.154. The Kier molecular flexibility index (Phi) is 7.23. The molecule has 1 aromatic heterocycles. The highest BCUT2D eigenvalue weighted by Gasteiger charge is 2.11. The maximum Gasteiger partial charge on any atom is 0.185 e. The fourth-order valence-electron chi connectivity index (χ4n) is 1.56. The third-order valence-electron chi connectivity index (χ3n) is 2.74. The molecule has 0 aliphatic rings. The van der Waals surface area contributed by atoms with E-state index in [-0.39, 0.29) is 0 Å². The van der Waals surface area contributed by atoms with Crippen molar-refractivity contribution in [3.63, 3.8) is 0 Å². The van der Waals surface area contributed by atoms with Gasteiger partial charge in [-0.1, -0.05) is 6.92 Å². The van der Waals surface area contributed by atoms with E-state index >= 15 is 0 Å². The van der Waals surface area contributed by atoms with Crippen LogP contribution in [0.4, 0.5) is 5.13 Å². The van der Waals surface area contributed by atoms with Crippen molar-refractivity contribution in [2.75, 3.05) is 38.3 Å². The summed E-state index contributed by atoms with van der Waals surface area (Å²) >= 11 is 1.75. The van der Waals surface area contributed by atoms with Crippen molar-refractivity contribution in [1.82, 2.24) is 10.3 Å². The Hall–Kier alpha value is -0.650.